The molecule has 0 aliphatic carbocycles. The maximum Gasteiger partial charge on any atom is 0.416 e. The summed E-state index contributed by atoms with van der Waals surface area (Å²) in [4.78, 5) is 14.5. The van der Waals surface area contributed by atoms with Crippen molar-refractivity contribution >= 4 is 28.6 Å². The maximum atomic E-state index is 12.9. The summed E-state index contributed by atoms with van der Waals surface area (Å²) in [7, 11) is 0. The number of fused-ring (bicyclic) bond motifs is 1. The van der Waals surface area contributed by atoms with E-state index in [9.17, 15) is 13.2 Å². The van der Waals surface area contributed by atoms with Crippen molar-refractivity contribution in [1.29, 1.82) is 0 Å². The first kappa shape index (κ1) is 19.1. The summed E-state index contributed by atoms with van der Waals surface area (Å²) in [5, 5.41) is 0.984. The molecular weight excluding hydrogens is 387 g/mol. The van der Waals surface area contributed by atoms with Gasteiger partial charge < -0.3 is 15.6 Å². The molecule has 28 heavy (non-hydrogen) atoms. The number of benzene rings is 1. The lowest BCUT2D eigenvalue weighted by atomic mass is 10.0. The highest BCUT2D eigenvalue weighted by atomic mass is 32.2. The van der Waals surface area contributed by atoms with E-state index in [-0.39, 0.29) is 0 Å². The Kier molecular flexibility index (Phi) is 4.75. The molecule has 1 aliphatic rings. The van der Waals surface area contributed by atoms with Gasteiger partial charge >= 0.3 is 6.18 Å². The zero-order chi connectivity index (χ0) is 19.9. The number of aryl methyl sites for hydroxylation is 1. The van der Waals surface area contributed by atoms with Gasteiger partial charge in [-0.25, -0.2) is 9.97 Å². The number of halogens is 3. The number of thioether (sulfide) groups is 1. The van der Waals surface area contributed by atoms with Gasteiger partial charge in [-0.1, -0.05) is 6.07 Å². The monoisotopic (exact) mass is 407 g/mol. The third kappa shape index (κ3) is 3.68. The van der Waals surface area contributed by atoms with Gasteiger partial charge in [0.25, 0.3) is 0 Å². The SMILES string of the molecule is Cc1c[nH]c2ncnc(N3CCC(N)(CSc4cccc(C(F)(F)F)c4)C3)c12. The number of nitrogens with two attached hydrogens (primary N) is 1. The minimum Gasteiger partial charge on any atom is -0.354 e. The molecule has 1 atom stereocenters. The Morgan fingerprint density at radius 3 is 2.93 bits per heavy atom. The lowest BCUT2D eigenvalue weighted by Gasteiger charge is -2.25. The van der Waals surface area contributed by atoms with Crippen LogP contribution in [-0.2, 0) is 6.18 Å². The molecule has 0 spiro atoms. The Bertz CT molecular complexity index is 1000. The predicted octanol–water partition coefficient (Wildman–Crippen LogP) is 3.99. The molecule has 148 valence electrons. The molecule has 3 aromatic rings. The fourth-order valence-corrected chi connectivity index (χ4v) is 4.60. The van der Waals surface area contributed by atoms with Gasteiger partial charge in [-0.2, -0.15) is 13.2 Å². The van der Waals surface area contributed by atoms with Crippen LogP contribution in [0.4, 0.5) is 19.0 Å². The number of rotatable bonds is 4. The summed E-state index contributed by atoms with van der Waals surface area (Å²) in [5.74, 6) is 1.38. The second kappa shape index (κ2) is 6.97. The Morgan fingerprint density at radius 1 is 1.32 bits per heavy atom. The van der Waals surface area contributed by atoms with Gasteiger partial charge in [0.15, 0.2) is 0 Å². The molecule has 0 bridgehead atoms. The van der Waals surface area contributed by atoms with E-state index >= 15 is 0 Å². The maximum absolute atomic E-state index is 12.9. The van der Waals surface area contributed by atoms with E-state index in [0.29, 0.717) is 17.2 Å². The average molecular weight is 407 g/mol. The van der Waals surface area contributed by atoms with E-state index in [0.717, 1.165) is 41.4 Å². The molecule has 1 unspecified atom stereocenters. The summed E-state index contributed by atoms with van der Waals surface area (Å²) in [5.41, 5.74) is 7.30. The number of H-pyrrole nitrogens is 1. The van der Waals surface area contributed by atoms with Crippen molar-refractivity contribution in [3.63, 3.8) is 0 Å². The van der Waals surface area contributed by atoms with Crippen LogP contribution in [0, 0.1) is 6.92 Å². The van der Waals surface area contributed by atoms with Crippen molar-refractivity contribution in [1.82, 2.24) is 15.0 Å². The molecule has 9 heteroatoms. The predicted molar refractivity (Wildman–Crippen MR) is 105 cm³/mol. The van der Waals surface area contributed by atoms with Crippen molar-refractivity contribution in [3.05, 3.63) is 47.9 Å². The average Bonchev–Trinajstić information content (AvgIpc) is 3.24. The number of hydrogen-bond acceptors (Lipinski definition) is 5. The van der Waals surface area contributed by atoms with E-state index in [2.05, 4.69) is 19.9 Å². The molecule has 2 aromatic heterocycles. The van der Waals surface area contributed by atoms with Crippen LogP contribution in [0.3, 0.4) is 0 Å². The first-order chi connectivity index (χ1) is 13.3. The van der Waals surface area contributed by atoms with Gasteiger partial charge in [0.2, 0.25) is 0 Å². The fraction of sp³-hybridized carbons (Fsp3) is 0.368. The van der Waals surface area contributed by atoms with Crippen LogP contribution < -0.4 is 10.6 Å². The second-order valence-corrected chi connectivity index (χ2v) is 8.29. The standard InChI is InChI=1S/C19H20F3N5S/c1-12-8-24-16-15(12)17(26-11-25-16)27-6-5-18(23,9-27)10-28-14-4-2-3-13(7-14)19(20,21)22/h2-4,7-8,11H,5-6,9-10,23H2,1H3,(H,24,25,26). The first-order valence-electron chi connectivity index (χ1n) is 8.88. The number of nitrogens with one attached hydrogen (secondary N) is 1. The molecular formula is C19H20F3N5S. The summed E-state index contributed by atoms with van der Waals surface area (Å²) in [6.45, 7) is 3.34. The number of aromatic amines is 1. The van der Waals surface area contributed by atoms with E-state index in [1.54, 1.807) is 6.07 Å². The molecule has 1 saturated heterocycles. The largest absolute Gasteiger partial charge is 0.416 e. The summed E-state index contributed by atoms with van der Waals surface area (Å²) >= 11 is 1.36. The van der Waals surface area contributed by atoms with Gasteiger partial charge in [0.05, 0.1) is 10.9 Å². The molecule has 0 amide bonds. The summed E-state index contributed by atoms with van der Waals surface area (Å²) in [6.07, 6.45) is -0.165. The van der Waals surface area contributed by atoms with Gasteiger partial charge in [0.1, 0.15) is 17.8 Å². The van der Waals surface area contributed by atoms with E-state index in [4.69, 9.17) is 5.73 Å². The highest BCUT2D eigenvalue weighted by molar-refractivity contribution is 7.99. The quantitative estimate of drug-likeness (QED) is 0.640. The number of nitrogens with zero attached hydrogens (tertiary/aromatic N) is 3. The topological polar surface area (TPSA) is 70.8 Å². The van der Waals surface area contributed by atoms with Crippen LogP contribution in [0.5, 0.6) is 0 Å². The molecule has 4 rings (SSSR count). The van der Waals surface area contributed by atoms with Crippen molar-refractivity contribution in [3.8, 4) is 0 Å². The molecule has 0 saturated carbocycles. The van der Waals surface area contributed by atoms with E-state index < -0.39 is 17.3 Å². The molecule has 1 aliphatic heterocycles. The van der Waals surface area contributed by atoms with Crippen molar-refractivity contribution < 1.29 is 13.2 Å². The molecule has 3 heterocycles. The van der Waals surface area contributed by atoms with Crippen LogP contribution in [0.1, 0.15) is 17.5 Å². The van der Waals surface area contributed by atoms with Gasteiger partial charge in [-0.15, -0.1) is 11.8 Å². The lowest BCUT2D eigenvalue weighted by molar-refractivity contribution is -0.137. The third-order valence-corrected chi connectivity index (χ3v) is 6.33. The Balaban J connectivity index is 1.48. The molecule has 1 fully saturated rings. The van der Waals surface area contributed by atoms with Crippen LogP contribution in [0.2, 0.25) is 0 Å². The highest BCUT2D eigenvalue weighted by Crippen LogP contribution is 2.35. The van der Waals surface area contributed by atoms with Crippen molar-refractivity contribution in [2.45, 2.75) is 30.0 Å². The number of aromatic nitrogens is 3. The van der Waals surface area contributed by atoms with Crippen LogP contribution in [-0.4, -0.2) is 39.3 Å². The van der Waals surface area contributed by atoms with Crippen LogP contribution >= 0.6 is 11.8 Å². The Morgan fingerprint density at radius 2 is 2.14 bits per heavy atom. The zero-order valence-electron chi connectivity index (χ0n) is 15.3. The van der Waals surface area contributed by atoms with Gasteiger partial charge in [-0.05, 0) is 37.1 Å². The van der Waals surface area contributed by atoms with Crippen molar-refractivity contribution in [2.75, 3.05) is 23.7 Å². The summed E-state index contributed by atoms with van der Waals surface area (Å²) < 4.78 is 38.7. The Labute approximate surface area is 164 Å². The lowest BCUT2D eigenvalue weighted by Crippen LogP contribution is -2.45. The van der Waals surface area contributed by atoms with Crippen molar-refractivity contribution in [2.24, 2.45) is 5.73 Å². The zero-order valence-corrected chi connectivity index (χ0v) is 16.1. The number of anilines is 1. The smallest absolute Gasteiger partial charge is 0.354 e. The molecule has 3 N–H and O–H groups in total. The van der Waals surface area contributed by atoms with Gasteiger partial charge in [-0.3, -0.25) is 0 Å². The van der Waals surface area contributed by atoms with Crippen LogP contribution in [0.15, 0.2) is 41.7 Å². The third-order valence-electron chi connectivity index (χ3n) is 5.02. The van der Waals surface area contributed by atoms with Crippen LogP contribution in [0.25, 0.3) is 11.0 Å². The van der Waals surface area contributed by atoms with E-state index in [1.165, 1.54) is 30.2 Å². The molecule has 1 aromatic carbocycles. The highest BCUT2D eigenvalue weighted by Gasteiger charge is 2.36. The second-order valence-electron chi connectivity index (χ2n) is 7.24. The molecule has 0 radical (unpaired) electrons. The minimum atomic E-state index is -4.34. The van der Waals surface area contributed by atoms with Gasteiger partial charge in [0, 0.05) is 35.5 Å². The normalized spacial score (nSPS) is 20.2. The summed E-state index contributed by atoms with van der Waals surface area (Å²) in [6, 6.07) is 5.38. The number of alkyl halides is 3. The fourth-order valence-electron chi connectivity index (χ4n) is 3.52. The van der Waals surface area contributed by atoms with E-state index in [1.807, 2.05) is 13.1 Å². The minimum absolute atomic E-state index is 0.500. The Hall–Kier alpha value is -2.26. The first-order valence-corrected chi connectivity index (χ1v) is 9.86. The number of hydrogen-bond donors (Lipinski definition) is 2. The molecule has 5 nitrogen and oxygen atoms in total.